The number of allylic oxidation sites excluding steroid dienone is 1. The molecule has 0 spiro atoms. The van der Waals surface area contributed by atoms with Crippen LogP contribution in [0.2, 0.25) is 0 Å². The van der Waals surface area contributed by atoms with Crippen molar-refractivity contribution in [1.29, 1.82) is 0 Å². The van der Waals surface area contributed by atoms with E-state index in [0.717, 1.165) is 38.5 Å². The van der Waals surface area contributed by atoms with Crippen molar-refractivity contribution in [3.05, 3.63) is 12.2 Å². The molecule has 1 amide bonds. The van der Waals surface area contributed by atoms with E-state index in [-0.39, 0.29) is 12.5 Å². The molecule has 0 aromatic heterocycles. The number of ether oxygens (including phenoxy) is 2. The molecule has 1 heterocycles. The summed E-state index contributed by atoms with van der Waals surface area (Å²) in [7, 11) is 0. The predicted octanol–water partition coefficient (Wildman–Crippen LogP) is 8.95. The Morgan fingerprint density at radius 2 is 1.04 bits per heavy atom. The van der Waals surface area contributed by atoms with E-state index in [1.165, 1.54) is 148 Å². The zero-order valence-corrected chi connectivity index (χ0v) is 34.3. The van der Waals surface area contributed by atoms with Crippen molar-refractivity contribution in [3.63, 3.8) is 0 Å². The van der Waals surface area contributed by atoms with Crippen molar-refractivity contribution < 1.29 is 39.8 Å². The van der Waals surface area contributed by atoms with Gasteiger partial charge < -0.3 is 40.3 Å². The molecule has 0 aliphatic carbocycles. The van der Waals surface area contributed by atoms with Gasteiger partial charge in [-0.3, -0.25) is 4.79 Å². The normalized spacial score (nSPS) is 21.7. The lowest BCUT2D eigenvalue weighted by Gasteiger charge is -2.40. The second-order valence-electron chi connectivity index (χ2n) is 15.9. The summed E-state index contributed by atoms with van der Waals surface area (Å²) >= 11 is 0. The van der Waals surface area contributed by atoms with Crippen LogP contribution in [0.4, 0.5) is 0 Å². The van der Waals surface area contributed by atoms with Crippen molar-refractivity contribution in [3.8, 4) is 0 Å². The number of nitrogens with one attached hydrogen (secondary N) is 1. The molecule has 9 nitrogen and oxygen atoms in total. The molecule has 0 radical (unpaired) electrons. The van der Waals surface area contributed by atoms with Crippen molar-refractivity contribution in [2.24, 2.45) is 0 Å². The summed E-state index contributed by atoms with van der Waals surface area (Å²) in [5.41, 5.74) is 0. The quantitative estimate of drug-likeness (QED) is 0.0272. The van der Waals surface area contributed by atoms with Crippen LogP contribution in [0.15, 0.2) is 12.2 Å². The Morgan fingerprint density at radius 3 is 1.47 bits per heavy atom. The first kappa shape index (κ1) is 49.9. The Balaban J connectivity index is 2.27. The van der Waals surface area contributed by atoms with Crippen molar-refractivity contribution in [1.82, 2.24) is 5.32 Å². The van der Waals surface area contributed by atoms with E-state index in [0.29, 0.717) is 6.42 Å². The fourth-order valence-corrected chi connectivity index (χ4v) is 7.21. The second kappa shape index (κ2) is 35.4. The maximum atomic E-state index is 12.8. The van der Waals surface area contributed by atoms with E-state index in [9.17, 15) is 30.3 Å². The van der Waals surface area contributed by atoms with Gasteiger partial charge in [0.25, 0.3) is 0 Å². The Labute approximate surface area is 325 Å². The van der Waals surface area contributed by atoms with Crippen LogP contribution in [0.5, 0.6) is 0 Å². The molecule has 1 rings (SSSR count). The number of rotatable bonds is 37. The molecular formula is C44H85NO8. The number of unbranched alkanes of at least 4 members (excludes halogenated alkanes) is 27. The molecule has 7 atom stereocenters. The monoisotopic (exact) mass is 756 g/mol. The third kappa shape index (κ3) is 26.4. The molecule has 1 aliphatic rings. The summed E-state index contributed by atoms with van der Waals surface area (Å²) in [6.45, 7) is 3.74. The van der Waals surface area contributed by atoms with Crippen LogP contribution in [0.25, 0.3) is 0 Å². The highest BCUT2D eigenvalue weighted by molar-refractivity contribution is 5.76. The van der Waals surface area contributed by atoms with Gasteiger partial charge in [-0.2, -0.15) is 0 Å². The fraction of sp³-hybridized carbons (Fsp3) is 0.932. The van der Waals surface area contributed by atoms with Crippen molar-refractivity contribution in [2.45, 2.75) is 249 Å². The smallest absolute Gasteiger partial charge is 0.220 e. The minimum Gasteiger partial charge on any atom is -0.394 e. The third-order valence-corrected chi connectivity index (χ3v) is 10.9. The van der Waals surface area contributed by atoms with Gasteiger partial charge in [-0.05, 0) is 19.3 Å². The molecule has 7 unspecified atom stereocenters. The number of hydrogen-bond donors (Lipinski definition) is 6. The van der Waals surface area contributed by atoms with Crippen molar-refractivity contribution >= 4 is 5.91 Å². The molecule has 53 heavy (non-hydrogen) atoms. The highest BCUT2D eigenvalue weighted by Crippen LogP contribution is 2.23. The van der Waals surface area contributed by atoms with E-state index in [1.54, 1.807) is 6.08 Å². The van der Waals surface area contributed by atoms with E-state index in [1.807, 2.05) is 6.08 Å². The summed E-state index contributed by atoms with van der Waals surface area (Å²) in [6.07, 6.45) is 32.8. The molecule has 1 saturated heterocycles. The average molecular weight is 756 g/mol. The van der Waals surface area contributed by atoms with Gasteiger partial charge in [-0.15, -0.1) is 0 Å². The van der Waals surface area contributed by atoms with Crippen LogP contribution >= 0.6 is 0 Å². The molecule has 6 N–H and O–H groups in total. The van der Waals surface area contributed by atoms with Crippen LogP contribution in [-0.2, 0) is 14.3 Å². The van der Waals surface area contributed by atoms with Crippen LogP contribution in [-0.4, -0.2) is 87.5 Å². The molecule has 0 bridgehead atoms. The Morgan fingerprint density at radius 1 is 0.623 bits per heavy atom. The summed E-state index contributed by atoms with van der Waals surface area (Å²) in [4.78, 5) is 12.8. The van der Waals surface area contributed by atoms with Gasteiger partial charge >= 0.3 is 0 Å². The summed E-state index contributed by atoms with van der Waals surface area (Å²) < 4.78 is 11.2. The van der Waals surface area contributed by atoms with Gasteiger partial charge in [0.1, 0.15) is 24.4 Å². The summed E-state index contributed by atoms with van der Waals surface area (Å²) in [5.74, 6) is -0.181. The maximum Gasteiger partial charge on any atom is 0.220 e. The average Bonchev–Trinajstić information content (AvgIpc) is 3.16. The largest absolute Gasteiger partial charge is 0.394 e. The van der Waals surface area contributed by atoms with E-state index < -0.39 is 49.5 Å². The number of carbonyl (C=O) groups is 1. The van der Waals surface area contributed by atoms with E-state index >= 15 is 0 Å². The number of hydrogen-bond acceptors (Lipinski definition) is 8. The van der Waals surface area contributed by atoms with Gasteiger partial charge in [0.15, 0.2) is 6.29 Å². The maximum absolute atomic E-state index is 12.8. The molecule has 0 aromatic carbocycles. The Hall–Kier alpha value is -1.07. The van der Waals surface area contributed by atoms with Crippen molar-refractivity contribution in [2.75, 3.05) is 13.2 Å². The van der Waals surface area contributed by atoms with Crippen LogP contribution < -0.4 is 5.32 Å². The minimum absolute atomic E-state index is 0.181. The number of carbonyl (C=O) groups excluding carboxylic acids is 1. The molecule has 1 aliphatic heterocycles. The van der Waals surface area contributed by atoms with Gasteiger partial charge in [-0.1, -0.05) is 193 Å². The van der Waals surface area contributed by atoms with Crippen LogP contribution in [0.1, 0.15) is 206 Å². The zero-order chi connectivity index (χ0) is 38.8. The molecule has 1 fully saturated rings. The van der Waals surface area contributed by atoms with Gasteiger partial charge in [0.2, 0.25) is 5.91 Å². The molecule has 314 valence electrons. The summed E-state index contributed by atoms with van der Waals surface area (Å²) in [5, 5.41) is 54.0. The van der Waals surface area contributed by atoms with Gasteiger partial charge in [-0.25, -0.2) is 0 Å². The highest BCUT2D eigenvalue weighted by Gasteiger charge is 2.44. The first-order chi connectivity index (χ1) is 25.8. The lowest BCUT2D eigenvalue weighted by atomic mass is 9.99. The van der Waals surface area contributed by atoms with Gasteiger partial charge in [0.05, 0.1) is 25.4 Å². The third-order valence-electron chi connectivity index (χ3n) is 10.9. The number of amides is 1. The van der Waals surface area contributed by atoms with E-state index in [2.05, 4.69) is 19.2 Å². The first-order valence-electron chi connectivity index (χ1n) is 22.4. The number of aliphatic hydroxyl groups is 5. The minimum atomic E-state index is -1.56. The topological polar surface area (TPSA) is 149 Å². The van der Waals surface area contributed by atoms with E-state index in [4.69, 9.17) is 9.47 Å². The zero-order valence-electron chi connectivity index (χ0n) is 34.3. The predicted molar refractivity (Wildman–Crippen MR) is 217 cm³/mol. The Kier molecular flexibility index (Phi) is 33.3. The lowest BCUT2D eigenvalue weighted by molar-refractivity contribution is -0.302. The fourth-order valence-electron chi connectivity index (χ4n) is 7.21. The molecule has 0 saturated carbocycles. The molecule has 0 aromatic rings. The SMILES string of the molecule is CCCCCCCCCCCCCCCCCCCCCC/C=C/C(O)C(COC1OC(CO)C(O)C(O)C1O)NC(=O)CCCCCCCCCC. The lowest BCUT2D eigenvalue weighted by Crippen LogP contribution is -2.60. The van der Waals surface area contributed by atoms with Crippen LogP contribution in [0.3, 0.4) is 0 Å². The Bertz CT molecular complexity index is 842. The molecular weight excluding hydrogens is 670 g/mol. The highest BCUT2D eigenvalue weighted by atomic mass is 16.7. The second-order valence-corrected chi connectivity index (χ2v) is 15.9. The van der Waals surface area contributed by atoms with Gasteiger partial charge in [0, 0.05) is 6.42 Å². The standard InChI is InChI=1S/C44H85NO8/c1-3-5-7-9-11-13-14-15-16-17-18-19-20-21-22-23-24-25-26-27-29-31-33-38(47)37(45-40(48)34-32-30-28-12-10-8-6-4-2)36-52-44-43(51)42(50)41(49)39(35-46)53-44/h31,33,37-39,41-44,46-47,49-51H,3-30,32,34-36H2,1-2H3,(H,45,48)/b33-31+. The molecule has 9 heteroatoms. The number of aliphatic hydroxyl groups excluding tert-OH is 5. The first-order valence-corrected chi connectivity index (χ1v) is 22.4. The summed E-state index contributed by atoms with van der Waals surface area (Å²) in [6, 6.07) is -0.796. The van der Waals surface area contributed by atoms with Crippen LogP contribution in [0, 0.1) is 0 Å².